The number of carboxylic acids is 1. The largest absolute Gasteiger partial charge is 0.545 e. The van der Waals surface area contributed by atoms with Crippen LogP contribution in [0.5, 0.6) is 5.75 Å². The smallest absolute Gasteiger partial charge is 0.305 e. The summed E-state index contributed by atoms with van der Waals surface area (Å²) < 4.78 is 16.1. The van der Waals surface area contributed by atoms with Crippen LogP contribution in [-0.4, -0.2) is 38.4 Å². The lowest BCUT2D eigenvalue weighted by molar-refractivity contribution is -0.255. The van der Waals surface area contributed by atoms with E-state index >= 15 is 0 Å². The summed E-state index contributed by atoms with van der Waals surface area (Å²) in [5.41, 5.74) is 0.103. The van der Waals surface area contributed by atoms with Crippen molar-refractivity contribution in [2.24, 2.45) is 5.41 Å². The van der Waals surface area contributed by atoms with Crippen molar-refractivity contribution in [2.45, 2.75) is 45.4 Å². The second-order valence-electron chi connectivity index (χ2n) is 6.80. The summed E-state index contributed by atoms with van der Waals surface area (Å²) in [5.74, 6) is -1.05. The van der Waals surface area contributed by atoms with Crippen molar-refractivity contribution in [3.05, 3.63) is 29.8 Å². The number of benzene rings is 1. The third kappa shape index (κ3) is 6.02. The minimum atomic E-state index is -1.24. The van der Waals surface area contributed by atoms with Crippen LogP contribution in [0.1, 0.15) is 55.8 Å². The molecule has 1 aromatic rings. The van der Waals surface area contributed by atoms with Crippen molar-refractivity contribution in [3.63, 3.8) is 0 Å². The molecule has 0 aromatic heterocycles. The maximum absolute atomic E-state index is 11.8. The monoisotopic (exact) mass is 363 g/mol. The first kappa shape index (κ1) is 20.2. The van der Waals surface area contributed by atoms with Gasteiger partial charge in [-0.25, -0.2) is 0 Å². The summed E-state index contributed by atoms with van der Waals surface area (Å²) in [6.45, 7) is 4.33. The molecule has 0 saturated carbocycles. The molecule has 1 saturated heterocycles. The summed E-state index contributed by atoms with van der Waals surface area (Å²) in [7, 11) is 0. The molecule has 0 aliphatic carbocycles. The molecule has 0 unspecified atom stereocenters. The van der Waals surface area contributed by atoms with Gasteiger partial charge in [-0.15, -0.1) is 0 Å². The van der Waals surface area contributed by atoms with Gasteiger partial charge in [0.1, 0.15) is 12.4 Å². The van der Waals surface area contributed by atoms with Crippen LogP contribution in [0.25, 0.3) is 0 Å². The van der Waals surface area contributed by atoms with E-state index in [0.29, 0.717) is 38.6 Å². The van der Waals surface area contributed by atoms with Gasteiger partial charge >= 0.3 is 5.97 Å². The Morgan fingerprint density at radius 3 is 2.54 bits per heavy atom. The van der Waals surface area contributed by atoms with E-state index in [1.54, 1.807) is 18.2 Å². The van der Waals surface area contributed by atoms with Crippen LogP contribution in [0, 0.1) is 5.41 Å². The Bertz CT molecular complexity index is 588. The van der Waals surface area contributed by atoms with E-state index in [9.17, 15) is 14.7 Å². The predicted molar refractivity (Wildman–Crippen MR) is 93.9 cm³/mol. The van der Waals surface area contributed by atoms with E-state index in [0.717, 1.165) is 32.1 Å². The number of unbranched alkanes of at least 4 members (excludes halogenated alkanes) is 3. The number of esters is 1. The van der Waals surface area contributed by atoms with Crippen LogP contribution < -0.4 is 9.84 Å². The molecule has 1 aliphatic rings. The fourth-order valence-electron chi connectivity index (χ4n) is 2.75. The first-order valence-corrected chi connectivity index (χ1v) is 9.23. The summed E-state index contributed by atoms with van der Waals surface area (Å²) in [6, 6.07) is 6.45. The molecule has 0 atom stereocenters. The summed E-state index contributed by atoms with van der Waals surface area (Å²) in [6.07, 6.45) is 4.78. The minimum Gasteiger partial charge on any atom is -0.545 e. The van der Waals surface area contributed by atoms with E-state index in [2.05, 4.69) is 6.92 Å². The summed E-state index contributed by atoms with van der Waals surface area (Å²) in [5, 5.41) is 11.0. The van der Waals surface area contributed by atoms with E-state index in [1.807, 2.05) is 0 Å². The number of carbonyl (C=O) groups is 2. The Morgan fingerprint density at radius 1 is 1.15 bits per heavy atom. The number of carbonyl (C=O) groups excluding carboxylic acids is 2. The lowest BCUT2D eigenvalue weighted by Crippen LogP contribution is -2.46. The van der Waals surface area contributed by atoms with Gasteiger partial charge in [-0.2, -0.15) is 0 Å². The molecule has 1 fully saturated rings. The third-order valence-corrected chi connectivity index (χ3v) is 4.75. The van der Waals surface area contributed by atoms with Crippen LogP contribution >= 0.6 is 0 Å². The van der Waals surface area contributed by atoms with Gasteiger partial charge < -0.3 is 24.1 Å². The third-order valence-electron chi connectivity index (χ3n) is 4.75. The van der Waals surface area contributed by atoms with Crippen molar-refractivity contribution in [2.75, 3.05) is 26.4 Å². The molecule has 26 heavy (non-hydrogen) atoms. The molecule has 2 rings (SSSR count). The number of para-hydroxylation sites is 1. The second kappa shape index (κ2) is 10.2. The van der Waals surface area contributed by atoms with Crippen LogP contribution in [0.2, 0.25) is 0 Å². The second-order valence-corrected chi connectivity index (χ2v) is 6.80. The molecule has 144 valence electrons. The number of rotatable bonds is 12. The van der Waals surface area contributed by atoms with Gasteiger partial charge in [0.05, 0.1) is 31.2 Å². The highest BCUT2D eigenvalue weighted by atomic mass is 16.5. The number of aromatic carboxylic acids is 1. The average molecular weight is 363 g/mol. The Labute approximate surface area is 154 Å². The zero-order valence-electron chi connectivity index (χ0n) is 15.3. The van der Waals surface area contributed by atoms with Gasteiger partial charge in [0.15, 0.2) is 0 Å². The maximum atomic E-state index is 11.8. The molecule has 6 nitrogen and oxygen atoms in total. The molecular formula is C20H27O6-. The van der Waals surface area contributed by atoms with Crippen molar-refractivity contribution in [3.8, 4) is 5.75 Å². The zero-order valence-corrected chi connectivity index (χ0v) is 15.3. The Morgan fingerprint density at radius 2 is 1.88 bits per heavy atom. The fourth-order valence-corrected chi connectivity index (χ4v) is 2.75. The number of hydrogen-bond donors (Lipinski definition) is 0. The number of ether oxygens (including phenoxy) is 3. The lowest BCUT2D eigenvalue weighted by atomic mass is 9.84. The Balaban J connectivity index is 1.52. The highest BCUT2D eigenvalue weighted by Gasteiger charge is 2.38. The fraction of sp³-hybridized carbons (Fsp3) is 0.600. The Hall–Kier alpha value is -2.08. The topological polar surface area (TPSA) is 84.9 Å². The van der Waals surface area contributed by atoms with Crippen molar-refractivity contribution < 1.29 is 28.9 Å². The molecule has 1 heterocycles. The highest BCUT2D eigenvalue weighted by Crippen LogP contribution is 2.31. The van der Waals surface area contributed by atoms with Crippen LogP contribution in [0.3, 0.4) is 0 Å². The van der Waals surface area contributed by atoms with E-state index in [1.165, 1.54) is 6.07 Å². The van der Waals surface area contributed by atoms with Gasteiger partial charge in [-0.3, -0.25) is 4.79 Å². The molecule has 0 spiro atoms. The minimum absolute atomic E-state index is 0.0365. The van der Waals surface area contributed by atoms with Crippen molar-refractivity contribution >= 4 is 11.9 Å². The first-order chi connectivity index (χ1) is 12.6. The molecule has 6 heteroatoms. The molecule has 0 bridgehead atoms. The van der Waals surface area contributed by atoms with Gasteiger partial charge in [-0.1, -0.05) is 31.9 Å². The van der Waals surface area contributed by atoms with Gasteiger partial charge in [0.2, 0.25) is 0 Å². The van der Waals surface area contributed by atoms with Gasteiger partial charge in [0, 0.05) is 12.0 Å². The van der Waals surface area contributed by atoms with Crippen LogP contribution in [-0.2, 0) is 14.3 Å². The van der Waals surface area contributed by atoms with E-state index < -0.39 is 5.97 Å². The quantitative estimate of drug-likeness (QED) is 0.419. The zero-order chi connectivity index (χ0) is 18.8. The lowest BCUT2D eigenvalue weighted by Gasteiger charge is -2.39. The molecule has 0 radical (unpaired) electrons. The molecular weight excluding hydrogens is 336 g/mol. The molecule has 0 N–H and O–H groups in total. The summed E-state index contributed by atoms with van der Waals surface area (Å²) in [4.78, 5) is 22.7. The van der Waals surface area contributed by atoms with E-state index in [4.69, 9.17) is 14.2 Å². The molecule has 0 amide bonds. The number of hydrogen-bond acceptors (Lipinski definition) is 6. The van der Waals surface area contributed by atoms with Gasteiger partial charge in [-0.05, 0) is 31.4 Å². The normalized spacial score (nSPS) is 15.1. The van der Waals surface area contributed by atoms with Crippen LogP contribution in [0.15, 0.2) is 24.3 Å². The summed E-state index contributed by atoms with van der Waals surface area (Å²) >= 11 is 0. The Kier molecular flexibility index (Phi) is 7.91. The predicted octanol–water partition coefficient (Wildman–Crippen LogP) is 2.35. The highest BCUT2D eigenvalue weighted by molar-refractivity contribution is 5.89. The molecule has 1 aliphatic heterocycles. The van der Waals surface area contributed by atoms with Crippen LogP contribution in [0.4, 0.5) is 0 Å². The average Bonchev–Trinajstić information content (AvgIpc) is 2.60. The van der Waals surface area contributed by atoms with Crippen molar-refractivity contribution in [1.82, 2.24) is 0 Å². The standard InChI is InChI=1S/C20H28O6/c1-2-20(13-24-14-20)15-26-18(21)11-5-3-4-8-12-25-17-10-7-6-9-16(17)19(22)23/h6-7,9-10H,2-5,8,11-15H2,1H3,(H,22,23)/p-1. The number of carboxylic acid groups (broad SMARTS) is 1. The maximum Gasteiger partial charge on any atom is 0.305 e. The SMILES string of the molecule is CCC1(COC(=O)CCCCCCOc2ccccc2C(=O)[O-])COC1. The van der Waals surface area contributed by atoms with E-state index in [-0.39, 0.29) is 16.9 Å². The van der Waals surface area contributed by atoms with Gasteiger partial charge in [0.25, 0.3) is 0 Å². The molecule has 1 aromatic carbocycles. The van der Waals surface area contributed by atoms with Crippen molar-refractivity contribution in [1.29, 1.82) is 0 Å². The first-order valence-electron chi connectivity index (χ1n) is 9.23.